The molecule has 0 atom stereocenters. The van der Waals surface area contributed by atoms with Crippen molar-refractivity contribution in [2.24, 2.45) is 5.18 Å². The quantitative estimate of drug-likeness (QED) is 0.558. The maximum atomic E-state index is 10.1. The van der Waals surface area contributed by atoms with Crippen molar-refractivity contribution in [1.29, 1.82) is 0 Å². The summed E-state index contributed by atoms with van der Waals surface area (Å²) in [6.45, 7) is 1.41. The third-order valence-corrected chi connectivity index (χ3v) is 1.61. The first kappa shape index (κ1) is 9.67. The van der Waals surface area contributed by atoms with E-state index in [9.17, 15) is 4.91 Å². The molecule has 13 heavy (non-hydrogen) atoms. The predicted molar refractivity (Wildman–Crippen MR) is 52.3 cm³/mol. The van der Waals surface area contributed by atoms with Crippen LogP contribution in [0, 0.1) is 4.91 Å². The second-order valence-corrected chi connectivity index (χ2v) is 2.56. The average molecular weight is 180 g/mol. The Labute approximate surface area is 76.9 Å². The van der Waals surface area contributed by atoms with Crippen LogP contribution in [0.5, 0.6) is 0 Å². The Kier molecular flexibility index (Phi) is 3.92. The highest BCUT2D eigenvalue weighted by Gasteiger charge is 1.92. The largest absolute Gasteiger partial charge is 0.383 e. The van der Waals surface area contributed by atoms with Crippen molar-refractivity contribution in [3.8, 4) is 0 Å². The molecule has 0 aliphatic carbocycles. The number of benzene rings is 1. The van der Waals surface area contributed by atoms with Crippen molar-refractivity contribution in [1.82, 2.24) is 0 Å². The molecule has 0 aliphatic rings. The standard InChI is InChI=1S/C9H12N2O2/c1-13-7-6-10-8-2-4-9(11-12)5-3-8/h2-5,10H,6-7H2,1H3. The van der Waals surface area contributed by atoms with Gasteiger partial charge < -0.3 is 10.1 Å². The first-order valence-electron chi connectivity index (χ1n) is 4.03. The van der Waals surface area contributed by atoms with Gasteiger partial charge in [-0.3, -0.25) is 0 Å². The van der Waals surface area contributed by atoms with Crippen molar-refractivity contribution >= 4 is 11.4 Å². The third-order valence-electron chi connectivity index (χ3n) is 1.61. The number of nitrogens with one attached hydrogen (secondary N) is 1. The van der Waals surface area contributed by atoms with Gasteiger partial charge in [-0.1, -0.05) is 0 Å². The number of methoxy groups -OCH3 is 1. The number of hydrogen-bond donors (Lipinski definition) is 1. The van der Waals surface area contributed by atoms with Gasteiger partial charge in [-0.2, -0.15) is 0 Å². The first-order chi connectivity index (χ1) is 6.36. The second-order valence-electron chi connectivity index (χ2n) is 2.56. The molecule has 1 rings (SSSR count). The minimum atomic E-state index is 0.442. The van der Waals surface area contributed by atoms with E-state index in [-0.39, 0.29) is 0 Å². The maximum absolute atomic E-state index is 10.1. The highest BCUT2D eigenvalue weighted by molar-refractivity contribution is 5.50. The summed E-state index contributed by atoms with van der Waals surface area (Å²) in [7, 11) is 1.65. The molecule has 4 nitrogen and oxygen atoms in total. The first-order valence-corrected chi connectivity index (χ1v) is 4.03. The molecular formula is C9H12N2O2. The van der Waals surface area contributed by atoms with Crippen LogP contribution in [0.15, 0.2) is 29.4 Å². The monoisotopic (exact) mass is 180 g/mol. The number of nitroso groups, excluding NO2 is 1. The summed E-state index contributed by atoms with van der Waals surface area (Å²) < 4.78 is 4.88. The van der Waals surface area contributed by atoms with Crippen LogP contribution in [0.3, 0.4) is 0 Å². The van der Waals surface area contributed by atoms with Crippen LogP contribution in [-0.2, 0) is 4.74 Å². The van der Waals surface area contributed by atoms with Crippen LogP contribution in [0.1, 0.15) is 0 Å². The van der Waals surface area contributed by atoms with Crippen molar-refractivity contribution < 1.29 is 4.74 Å². The summed E-state index contributed by atoms with van der Waals surface area (Å²) in [4.78, 5) is 10.1. The molecule has 1 N–H and O–H groups in total. The smallest absolute Gasteiger partial charge is 0.108 e. The Morgan fingerprint density at radius 2 is 2.08 bits per heavy atom. The van der Waals surface area contributed by atoms with Crippen LogP contribution in [0.2, 0.25) is 0 Å². The molecule has 0 radical (unpaired) electrons. The van der Waals surface area contributed by atoms with E-state index in [2.05, 4.69) is 10.5 Å². The van der Waals surface area contributed by atoms with Crippen molar-refractivity contribution in [2.45, 2.75) is 0 Å². The molecule has 0 unspecified atom stereocenters. The lowest BCUT2D eigenvalue weighted by Gasteiger charge is -2.04. The van der Waals surface area contributed by atoms with Gasteiger partial charge in [-0.15, -0.1) is 4.91 Å². The molecule has 0 fully saturated rings. The fourth-order valence-electron chi connectivity index (χ4n) is 0.938. The molecule has 0 saturated heterocycles. The van der Waals surface area contributed by atoms with Crippen LogP contribution in [0.25, 0.3) is 0 Å². The average Bonchev–Trinajstić information content (AvgIpc) is 2.19. The molecule has 0 bridgehead atoms. The van der Waals surface area contributed by atoms with Gasteiger partial charge in [-0.25, -0.2) is 0 Å². The maximum Gasteiger partial charge on any atom is 0.108 e. The Morgan fingerprint density at radius 3 is 2.62 bits per heavy atom. The Balaban J connectivity index is 2.44. The van der Waals surface area contributed by atoms with Crippen LogP contribution in [0.4, 0.5) is 11.4 Å². The summed E-state index contributed by atoms with van der Waals surface area (Å²) in [6.07, 6.45) is 0. The zero-order chi connectivity index (χ0) is 9.52. The topological polar surface area (TPSA) is 50.7 Å². The zero-order valence-corrected chi connectivity index (χ0v) is 7.49. The number of hydrogen-bond acceptors (Lipinski definition) is 4. The fraction of sp³-hybridized carbons (Fsp3) is 0.333. The Morgan fingerprint density at radius 1 is 1.38 bits per heavy atom. The van der Waals surface area contributed by atoms with E-state index in [0.29, 0.717) is 12.3 Å². The molecule has 70 valence electrons. The van der Waals surface area contributed by atoms with Gasteiger partial charge in [-0.05, 0) is 29.4 Å². The van der Waals surface area contributed by atoms with E-state index >= 15 is 0 Å². The fourth-order valence-corrected chi connectivity index (χ4v) is 0.938. The van der Waals surface area contributed by atoms with Crippen LogP contribution >= 0.6 is 0 Å². The molecule has 0 saturated carbocycles. The minimum Gasteiger partial charge on any atom is -0.383 e. The summed E-state index contributed by atoms with van der Waals surface area (Å²) in [5.41, 5.74) is 1.40. The predicted octanol–water partition coefficient (Wildman–Crippen LogP) is 2.14. The van der Waals surface area contributed by atoms with Gasteiger partial charge >= 0.3 is 0 Å². The van der Waals surface area contributed by atoms with Crippen LogP contribution in [-0.4, -0.2) is 20.3 Å². The lowest BCUT2D eigenvalue weighted by molar-refractivity contribution is 0.211. The number of ether oxygens (including phenoxy) is 1. The molecule has 1 aromatic rings. The molecule has 0 heterocycles. The molecular weight excluding hydrogens is 168 g/mol. The van der Waals surface area contributed by atoms with Gasteiger partial charge in [0.15, 0.2) is 0 Å². The highest BCUT2D eigenvalue weighted by atomic mass is 16.5. The van der Waals surface area contributed by atoms with E-state index < -0.39 is 0 Å². The molecule has 1 aromatic carbocycles. The molecule has 0 amide bonds. The van der Waals surface area contributed by atoms with Crippen molar-refractivity contribution in [2.75, 3.05) is 25.6 Å². The third kappa shape index (κ3) is 3.21. The normalized spacial score (nSPS) is 9.62. The number of nitrogens with zero attached hydrogens (tertiary/aromatic N) is 1. The van der Waals surface area contributed by atoms with E-state index in [1.165, 1.54) is 0 Å². The molecule has 0 aromatic heterocycles. The van der Waals surface area contributed by atoms with Gasteiger partial charge in [0.25, 0.3) is 0 Å². The Bertz CT molecular complexity index is 259. The summed E-state index contributed by atoms with van der Waals surface area (Å²) in [5, 5.41) is 5.93. The van der Waals surface area contributed by atoms with Gasteiger partial charge in [0.05, 0.1) is 6.61 Å². The van der Waals surface area contributed by atoms with E-state index in [4.69, 9.17) is 4.74 Å². The van der Waals surface area contributed by atoms with Crippen LogP contribution < -0.4 is 5.32 Å². The number of anilines is 1. The van der Waals surface area contributed by atoms with Crippen molar-refractivity contribution in [3.63, 3.8) is 0 Å². The lowest BCUT2D eigenvalue weighted by atomic mass is 10.3. The summed E-state index contributed by atoms with van der Waals surface area (Å²) in [6, 6.07) is 6.96. The van der Waals surface area contributed by atoms with E-state index in [0.717, 1.165) is 12.2 Å². The summed E-state index contributed by atoms with van der Waals surface area (Å²) in [5.74, 6) is 0. The zero-order valence-electron chi connectivity index (χ0n) is 7.49. The van der Waals surface area contributed by atoms with Crippen molar-refractivity contribution in [3.05, 3.63) is 29.2 Å². The lowest BCUT2D eigenvalue weighted by Crippen LogP contribution is -2.06. The minimum absolute atomic E-state index is 0.442. The molecule has 4 heteroatoms. The van der Waals surface area contributed by atoms with Gasteiger partial charge in [0.1, 0.15) is 5.69 Å². The molecule has 0 spiro atoms. The highest BCUT2D eigenvalue weighted by Crippen LogP contribution is 2.15. The second kappa shape index (κ2) is 5.27. The SMILES string of the molecule is COCCNc1ccc(N=O)cc1. The Hall–Kier alpha value is -1.42. The summed E-state index contributed by atoms with van der Waals surface area (Å²) >= 11 is 0. The number of rotatable bonds is 5. The van der Waals surface area contributed by atoms with Gasteiger partial charge in [0, 0.05) is 19.3 Å². The van der Waals surface area contributed by atoms with E-state index in [1.54, 1.807) is 19.2 Å². The molecule has 0 aliphatic heterocycles. The van der Waals surface area contributed by atoms with E-state index in [1.807, 2.05) is 12.1 Å². The van der Waals surface area contributed by atoms with Gasteiger partial charge in [0.2, 0.25) is 0 Å².